The van der Waals surface area contributed by atoms with Crippen molar-refractivity contribution in [2.45, 2.75) is 25.7 Å². The highest BCUT2D eigenvalue weighted by atomic mass is 32.2. The van der Waals surface area contributed by atoms with E-state index in [9.17, 15) is 8.42 Å². The summed E-state index contributed by atoms with van der Waals surface area (Å²) in [5, 5.41) is 2.77. The number of methoxy groups -OCH3 is 1. The summed E-state index contributed by atoms with van der Waals surface area (Å²) in [6.45, 7) is 5.24. The number of benzene rings is 2. The topological polar surface area (TPSA) is 93.8 Å². The molecule has 0 aliphatic carbocycles. The van der Waals surface area contributed by atoms with Crippen molar-refractivity contribution in [1.82, 2.24) is 0 Å². The fourth-order valence-electron chi connectivity index (χ4n) is 2.50. The number of para-hydroxylation sites is 1. The molecule has 0 unspecified atom stereocenters. The van der Waals surface area contributed by atoms with Crippen LogP contribution in [0, 0.1) is 20.8 Å². The summed E-state index contributed by atoms with van der Waals surface area (Å²) < 4.78 is 34.3. The highest BCUT2D eigenvalue weighted by Gasteiger charge is 2.22. The lowest BCUT2D eigenvalue weighted by Crippen LogP contribution is -2.24. The van der Waals surface area contributed by atoms with Gasteiger partial charge in [-0.25, -0.2) is 0 Å². The summed E-state index contributed by atoms with van der Waals surface area (Å²) in [6, 6.07) is 10.7. The summed E-state index contributed by atoms with van der Waals surface area (Å²) in [5.74, 6) is 0.455. The number of guanidine groups is 1. The Hall–Kier alpha value is -2.54. The molecule has 128 valence electrons. The molecule has 2 aromatic rings. The number of anilines is 1. The Kier molecular flexibility index (Phi) is 5.14. The van der Waals surface area contributed by atoms with Gasteiger partial charge in [0.15, 0.2) is 0 Å². The van der Waals surface area contributed by atoms with Gasteiger partial charge < -0.3 is 15.8 Å². The molecule has 0 heterocycles. The zero-order valence-electron chi connectivity index (χ0n) is 14.1. The standard InChI is InChI=1S/C17H21N3O3S/c1-11-10-15(23-4)12(2)13(3)16(11)24(21,22)20-17(18)19-14-8-6-5-7-9-14/h5-10H,1-4H3,(H3,18,19,20). The number of hydrogen-bond acceptors (Lipinski definition) is 3. The van der Waals surface area contributed by atoms with Crippen LogP contribution in [0.15, 0.2) is 45.7 Å². The van der Waals surface area contributed by atoms with Gasteiger partial charge in [0.25, 0.3) is 10.0 Å². The number of nitrogens with zero attached hydrogens (tertiary/aromatic N) is 1. The second-order valence-corrected chi connectivity index (χ2v) is 6.96. The third-order valence-electron chi connectivity index (χ3n) is 3.72. The average molecular weight is 347 g/mol. The number of aryl methyl sites for hydroxylation is 1. The largest absolute Gasteiger partial charge is 0.496 e. The molecule has 0 aromatic heterocycles. The Balaban J connectivity index is 2.44. The zero-order chi connectivity index (χ0) is 17.9. The molecule has 3 N–H and O–H groups in total. The highest BCUT2D eigenvalue weighted by Crippen LogP contribution is 2.31. The van der Waals surface area contributed by atoms with Gasteiger partial charge in [0.1, 0.15) is 5.75 Å². The number of sulfonamides is 1. The predicted octanol–water partition coefficient (Wildman–Crippen LogP) is 2.74. The van der Waals surface area contributed by atoms with E-state index in [1.807, 2.05) is 25.1 Å². The second kappa shape index (κ2) is 6.92. The number of nitrogens with one attached hydrogen (secondary N) is 1. The van der Waals surface area contributed by atoms with Crippen LogP contribution in [0.3, 0.4) is 0 Å². The van der Waals surface area contributed by atoms with Crippen LogP contribution in [0.5, 0.6) is 5.75 Å². The third kappa shape index (κ3) is 3.68. The first-order valence-corrected chi connectivity index (χ1v) is 8.77. The van der Waals surface area contributed by atoms with Crippen LogP contribution in [-0.4, -0.2) is 21.5 Å². The van der Waals surface area contributed by atoms with Gasteiger partial charge in [-0.2, -0.15) is 8.42 Å². The Morgan fingerprint density at radius 3 is 2.33 bits per heavy atom. The van der Waals surface area contributed by atoms with Gasteiger partial charge in [0, 0.05) is 5.69 Å². The molecule has 0 aliphatic rings. The number of hydrogen-bond donors (Lipinski definition) is 2. The maximum Gasteiger partial charge on any atom is 0.286 e. The summed E-state index contributed by atoms with van der Waals surface area (Å²) in [7, 11) is -2.39. The average Bonchev–Trinajstić information content (AvgIpc) is 2.50. The normalized spacial score (nSPS) is 12.1. The van der Waals surface area contributed by atoms with Crippen LogP contribution in [0.25, 0.3) is 0 Å². The van der Waals surface area contributed by atoms with Crippen molar-refractivity contribution in [2.24, 2.45) is 10.1 Å². The first-order chi connectivity index (χ1) is 11.3. The number of rotatable bonds is 4. The van der Waals surface area contributed by atoms with Gasteiger partial charge in [-0.1, -0.05) is 18.2 Å². The Bertz CT molecular complexity index is 876. The fraction of sp³-hybridized carbons (Fsp3) is 0.235. The molecule has 0 atom stereocenters. The second-order valence-electron chi connectivity index (χ2n) is 5.42. The Morgan fingerprint density at radius 2 is 1.75 bits per heavy atom. The monoisotopic (exact) mass is 347 g/mol. The van der Waals surface area contributed by atoms with E-state index in [1.54, 1.807) is 39.2 Å². The molecule has 0 amide bonds. The Labute approximate surface area is 142 Å². The highest BCUT2D eigenvalue weighted by molar-refractivity contribution is 7.90. The van der Waals surface area contributed by atoms with Gasteiger partial charge in [-0.3, -0.25) is 0 Å². The van der Waals surface area contributed by atoms with Crippen LogP contribution in [0.2, 0.25) is 0 Å². The molecule has 7 heteroatoms. The van der Waals surface area contributed by atoms with E-state index in [0.29, 0.717) is 22.6 Å². The van der Waals surface area contributed by atoms with Crippen LogP contribution in [0.1, 0.15) is 16.7 Å². The van der Waals surface area contributed by atoms with Gasteiger partial charge in [-0.05, 0) is 55.7 Å². The van der Waals surface area contributed by atoms with Crippen molar-refractivity contribution >= 4 is 21.7 Å². The van der Waals surface area contributed by atoms with Crippen molar-refractivity contribution in [3.63, 3.8) is 0 Å². The van der Waals surface area contributed by atoms with Crippen LogP contribution >= 0.6 is 0 Å². The van der Waals surface area contributed by atoms with Crippen molar-refractivity contribution in [3.05, 3.63) is 53.1 Å². The maximum atomic E-state index is 12.7. The molecule has 6 nitrogen and oxygen atoms in total. The number of ether oxygens (including phenoxy) is 1. The van der Waals surface area contributed by atoms with E-state index < -0.39 is 10.0 Å². The summed E-state index contributed by atoms with van der Waals surface area (Å²) >= 11 is 0. The lowest BCUT2D eigenvalue weighted by atomic mass is 10.1. The van der Waals surface area contributed by atoms with Gasteiger partial charge >= 0.3 is 0 Å². The molecular weight excluding hydrogens is 326 g/mol. The molecule has 0 saturated heterocycles. The smallest absolute Gasteiger partial charge is 0.286 e. The summed E-state index contributed by atoms with van der Waals surface area (Å²) in [6.07, 6.45) is 0. The van der Waals surface area contributed by atoms with Crippen molar-refractivity contribution in [1.29, 1.82) is 0 Å². The van der Waals surface area contributed by atoms with Crippen molar-refractivity contribution in [3.8, 4) is 5.75 Å². The minimum Gasteiger partial charge on any atom is -0.496 e. The van der Waals surface area contributed by atoms with Crippen molar-refractivity contribution in [2.75, 3.05) is 12.4 Å². The summed E-state index contributed by atoms with van der Waals surface area (Å²) in [4.78, 5) is 0.151. The maximum absolute atomic E-state index is 12.7. The van der Waals surface area contributed by atoms with E-state index in [0.717, 1.165) is 5.56 Å². The van der Waals surface area contributed by atoms with E-state index >= 15 is 0 Å². The minimum atomic E-state index is -3.94. The first kappa shape index (κ1) is 17.8. The minimum absolute atomic E-state index is 0.151. The molecule has 0 saturated carbocycles. The molecule has 2 rings (SSSR count). The van der Waals surface area contributed by atoms with Crippen molar-refractivity contribution < 1.29 is 13.2 Å². The van der Waals surface area contributed by atoms with E-state index in [4.69, 9.17) is 10.5 Å². The molecule has 0 radical (unpaired) electrons. The first-order valence-electron chi connectivity index (χ1n) is 7.33. The molecular formula is C17H21N3O3S. The Morgan fingerprint density at radius 1 is 1.12 bits per heavy atom. The van der Waals surface area contributed by atoms with Crippen LogP contribution in [0.4, 0.5) is 5.69 Å². The molecule has 2 aromatic carbocycles. The van der Waals surface area contributed by atoms with Gasteiger partial charge in [-0.15, -0.1) is 4.40 Å². The predicted molar refractivity (Wildman–Crippen MR) is 96.1 cm³/mol. The van der Waals surface area contributed by atoms with E-state index in [1.165, 1.54) is 0 Å². The van der Waals surface area contributed by atoms with Gasteiger partial charge in [0.05, 0.1) is 12.0 Å². The lowest BCUT2D eigenvalue weighted by Gasteiger charge is -2.14. The number of nitrogens with two attached hydrogens (primary N) is 1. The fourth-order valence-corrected chi connectivity index (χ4v) is 3.90. The molecule has 0 bridgehead atoms. The van der Waals surface area contributed by atoms with E-state index in [2.05, 4.69) is 9.71 Å². The van der Waals surface area contributed by atoms with Gasteiger partial charge in [0.2, 0.25) is 5.96 Å². The van der Waals surface area contributed by atoms with Crippen LogP contribution < -0.4 is 15.8 Å². The quantitative estimate of drug-likeness (QED) is 0.655. The SMILES string of the molecule is COc1cc(C)c(S(=O)(=O)/N=C(\N)Nc2ccccc2)c(C)c1C. The molecule has 0 aliphatic heterocycles. The molecule has 0 fully saturated rings. The summed E-state index contributed by atoms with van der Waals surface area (Å²) in [5.41, 5.74) is 8.34. The zero-order valence-corrected chi connectivity index (χ0v) is 14.9. The molecule has 0 spiro atoms. The van der Waals surface area contributed by atoms with Crippen LogP contribution in [-0.2, 0) is 10.0 Å². The lowest BCUT2D eigenvalue weighted by molar-refractivity contribution is 0.410. The molecule has 24 heavy (non-hydrogen) atoms. The van der Waals surface area contributed by atoms with E-state index in [-0.39, 0.29) is 10.9 Å². The third-order valence-corrected chi connectivity index (χ3v) is 5.30.